The number of piperidine rings is 1. The van der Waals surface area contributed by atoms with Crippen LogP contribution in [0.15, 0.2) is 4.79 Å². The summed E-state index contributed by atoms with van der Waals surface area (Å²) in [6.45, 7) is 6.50. The van der Waals surface area contributed by atoms with Gasteiger partial charge in [0.1, 0.15) is 5.82 Å². The fraction of sp³-hybridized carbons (Fsp3) is 0.750. The monoisotopic (exact) mass is 422 g/mol. The van der Waals surface area contributed by atoms with Crippen LogP contribution in [0.5, 0.6) is 0 Å². The van der Waals surface area contributed by atoms with Crippen molar-refractivity contribution in [3.8, 4) is 0 Å². The van der Waals surface area contributed by atoms with Gasteiger partial charge in [0, 0.05) is 24.6 Å². The van der Waals surface area contributed by atoms with Crippen molar-refractivity contribution in [3.63, 3.8) is 0 Å². The molecule has 160 valence electrons. The van der Waals surface area contributed by atoms with E-state index in [1.807, 2.05) is 4.90 Å². The predicted octanol–water partition coefficient (Wildman–Crippen LogP) is 1.58. The summed E-state index contributed by atoms with van der Waals surface area (Å²) < 4.78 is 26.6. The molecule has 3 aliphatic rings. The van der Waals surface area contributed by atoms with Crippen molar-refractivity contribution in [2.45, 2.75) is 70.7 Å². The van der Waals surface area contributed by atoms with Crippen molar-refractivity contribution < 1.29 is 13.2 Å². The molecule has 0 bridgehead atoms. The van der Waals surface area contributed by atoms with Gasteiger partial charge in [0.15, 0.2) is 0 Å². The van der Waals surface area contributed by atoms with Crippen LogP contribution in [0.3, 0.4) is 0 Å². The number of rotatable bonds is 4. The molecule has 0 radical (unpaired) electrons. The Labute approximate surface area is 171 Å². The van der Waals surface area contributed by atoms with Gasteiger partial charge in [-0.25, -0.2) is 13.4 Å². The topological polar surface area (TPSA) is 103 Å². The number of nitrogens with zero attached hydrogens (tertiary/aromatic N) is 3. The molecule has 1 N–H and O–H groups in total. The maximum Gasteiger partial charge on any atom is 0.254 e. The molecule has 0 aromatic carbocycles. The fourth-order valence-electron chi connectivity index (χ4n) is 4.47. The second-order valence-corrected chi connectivity index (χ2v) is 11.4. The Hall–Kier alpha value is -1.74. The van der Waals surface area contributed by atoms with Gasteiger partial charge in [-0.1, -0.05) is 6.92 Å². The molecule has 2 aliphatic heterocycles. The number of hydrogen-bond acceptors (Lipinski definition) is 5. The summed E-state index contributed by atoms with van der Waals surface area (Å²) in [5.41, 5.74) is 0.884. The van der Waals surface area contributed by atoms with Crippen molar-refractivity contribution in [2.24, 2.45) is 11.8 Å². The number of nitrogens with one attached hydrogen (secondary N) is 1. The molecular formula is C20H30N4O4S. The van der Waals surface area contributed by atoms with E-state index in [0.29, 0.717) is 42.5 Å². The molecule has 8 nitrogen and oxygen atoms in total. The molecule has 1 aromatic rings. The van der Waals surface area contributed by atoms with E-state index in [4.69, 9.17) is 4.98 Å². The van der Waals surface area contributed by atoms with Crippen LogP contribution >= 0.6 is 0 Å². The number of hydrogen-bond donors (Lipinski definition) is 1. The zero-order valence-corrected chi connectivity index (χ0v) is 18.2. The van der Waals surface area contributed by atoms with Crippen LogP contribution in [-0.2, 0) is 27.8 Å². The van der Waals surface area contributed by atoms with Gasteiger partial charge in [0.05, 0.1) is 23.5 Å². The quantitative estimate of drug-likeness (QED) is 0.793. The van der Waals surface area contributed by atoms with Gasteiger partial charge in [0.25, 0.3) is 5.56 Å². The van der Waals surface area contributed by atoms with Gasteiger partial charge in [-0.2, -0.15) is 4.31 Å². The molecule has 4 rings (SSSR count). The molecule has 0 unspecified atom stereocenters. The molecule has 2 fully saturated rings. The molecular weight excluding hydrogens is 392 g/mol. The standard InChI is InChI=1S/C20H30N4O4S/c1-12(2)29(27,28)23-9-7-14-16(11-23)21-18(22-19(14)25)17-6-4-5-8-24(17)20(26)15-10-13(15)3/h12-13,15,17H,4-11H2,1-3H3,(H,21,22,25)/t13-,15-,17-/m1/s1. The first-order chi connectivity index (χ1) is 13.7. The number of carbonyl (C=O) groups excluding carboxylic acids is 1. The summed E-state index contributed by atoms with van der Waals surface area (Å²) in [4.78, 5) is 35.1. The summed E-state index contributed by atoms with van der Waals surface area (Å²) in [7, 11) is -3.41. The largest absolute Gasteiger partial charge is 0.332 e. The summed E-state index contributed by atoms with van der Waals surface area (Å²) in [5.74, 6) is 1.17. The Kier molecular flexibility index (Phi) is 5.31. The highest BCUT2D eigenvalue weighted by molar-refractivity contribution is 7.89. The Morgan fingerprint density at radius 3 is 2.62 bits per heavy atom. The number of carbonyl (C=O) groups is 1. The normalized spacial score (nSPS) is 27.7. The van der Waals surface area contributed by atoms with Crippen molar-refractivity contribution in [3.05, 3.63) is 27.4 Å². The van der Waals surface area contributed by atoms with Crippen LogP contribution in [0.1, 0.15) is 69.6 Å². The summed E-state index contributed by atoms with van der Waals surface area (Å²) in [6, 6.07) is -0.237. The van der Waals surface area contributed by atoms with Gasteiger partial charge >= 0.3 is 0 Å². The number of sulfonamides is 1. The lowest BCUT2D eigenvalue weighted by atomic mass is 9.99. The molecule has 1 amide bonds. The molecule has 1 saturated carbocycles. The average Bonchev–Trinajstić information content (AvgIpc) is 3.43. The van der Waals surface area contributed by atoms with E-state index in [1.54, 1.807) is 13.8 Å². The Morgan fingerprint density at radius 1 is 1.24 bits per heavy atom. The van der Waals surface area contributed by atoms with E-state index >= 15 is 0 Å². The summed E-state index contributed by atoms with van der Waals surface area (Å²) in [5, 5.41) is -0.516. The number of amides is 1. The van der Waals surface area contributed by atoms with E-state index in [2.05, 4.69) is 11.9 Å². The second-order valence-electron chi connectivity index (χ2n) is 8.92. The second kappa shape index (κ2) is 7.50. The lowest BCUT2D eigenvalue weighted by Crippen LogP contribution is -2.44. The minimum Gasteiger partial charge on any atom is -0.332 e. The first-order valence-corrected chi connectivity index (χ1v) is 12.1. The molecule has 3 atom stereocenters. The van der Waals surface area contributed by atoms with Crippen LogP contribution in [0, 0.1) is 11.8 Å². The number of fused-ring (bicyclic) bond motifs is 1. The van der Waals surface area contributed by atoms with Gasteiger partial charge < -0.3 is 9.88 Å². The third kappa shape index (κ3) is 3.74. The highest BCUT2D eigenvalue weighted by Crippen LogP contribution is 2.42. The first kappa shape index (κ1) is 20.5. The first-order valence-electron chi connectivity index (χ1n) is 10.6. The molecule has 1 aromatic heterocycles. The highest BCUT2D eigenvalue weighted by Gasteiger charge is 2.44. The van der Waals surface area contributed by atoms with E-state index in [0.717, 1.165) is 25.7 Å². The van der Waals surface area contributed by atoms with Crippen molar-refractivity contribution in [2.75, 3.05) is 13.1 Å². The van der Waals surface area contributed by atoms with Crippen LogP contribution < -0.4 is 5.56 Å². The zero-order chi connectivity index (χ0) is 20.9. The van der Waals surface area contributed by atoms with E-state index in [9.17, 15) is 18.0 Å². The van der Waals surface area contributed by atoms with Crippen LogP contribution in [0.25, 0.3) is 0 Å². The molecule has 1 aliphatic carbocycles. The smallest absolute Gasteiger partial charge is 0.254 e. The van der Waals surface area contributed by atoms with Gasteiger partial charge in [-0.3, -0.25) is 9.59 Å². The lowest BCUT2D eigenvalue weighted by molar-refractivity contribution is -0.137. The van der Waals surface area contributed by atoms with E-state index in [1.165, 1.54) is 4.31 Å². The SMILES string of the molecule is CC(C)S(=O)(=O)N1CCc2c(nc([C@H]3CCCCN3C(=O)[C@@H]3C[C@H]3C)[nH]c2=O)C1. The Morgan fingerprint density at radius 2 is 1.97 bits per heavy atom. The molecule has 29 heavy (non-hydrogen) atoms. The van der Waals surface area contributed by atoms with E-state index in [-0.39, 0.29) is 30.0 Å². The van der Waals surface area contributed by atoms with Crippen LogP contribution in [-0.4, -0.2) is 51.8 Å². The number of aromatic nitrogens is 2. The minimum atomic E-state index is -3.41. The number of aromatic amines is 1. The maximum atomic E-state index is 12.9. The fourth-order valence-corrected chi connectivity index (χ4v) is 5.71. The summed E-state index contributed by atoms with van der Waals surface area (Å²) in [6.07, 6.45) is 3.99. The Balaban J connectivity index is 1.65. The third-order valence-electron chi connectivity index (χ3n) is 6.54. The predicted molar refractivity (Wildman–Crippen MR) is 109 cm³/mol. The molecule has 9 heteroatoms. The van der Waals surface area contributed by atoms with Crippen molar-refractivity contribution in [1.82, 2.24) is 19.2 Å². The van der Waals surface area contributed by atoms with Crippen LogP contribution in [0.4, 0.5) is 0 Å². The molecule has 1 saturated heterocycles. The lowest BCUT2D eigenvalue weighted by Gasteiger charge is -2.36. The van der Waals surface area contributed by atoms with Crippen molar-refractivity contribution >= 4 is 15.9 Å². The number of H-pyrrole nitrogens is 1. The molecule has 3 heterocycles. The highest BCUT2D eigenvalue weighted by atomic mass is 32.2. The molecule has 0 spiro atoms. The third-order valence-corrected chi connectivity index (χ3v) is 8.76. The van der Waals surface area contributed by atoms with Crippen LogP contribution in [0.2, 0.25) is 0 Å². The summed E-state index contributed by atoms with van der Waals surface area (Å²) >= 11 is 0. The van der Waals surface area contributed by atoms with Gasteiger partial charge in [-0.05, 0) is 51.9 Å². The van der Waals surface area contributed by atoms with Gasteiger partial charge in [-0.15, -0.1) is 0 Å². The maximum absolute atomic E-state index is 12.9. The van der Waals surface area contributed by atoms with Crippen molar-refractivity contribution in [1.29, 1.82) is 0 Å². The van der Waals surface area contributed by atoms with Gasteiger partial charge in [0.2, 0.25) is 15.9 Å². The Bertz CT molecular complexity index is 971. The van der Waals surface area contributed by atoms with E-state index < -0.39 is 15.3 Å². The number of likely N-dealkylation sites (tertiary alicyclic amines) is 1. The average molecular weight is 423 g/mol. The zero-order valence-electron chi connectivity index (χ0n) is 17.3. The minimum absolute atomic E-state index is 0.0895.